The maximum absolute atomic E-state index is 5.78. The Labute approximate surface area is 157 Å². The minimum Gasteiger partial charge on any atom is -0.468 e. The van der Waals surface area contributed by atoms with Gasteiger partial charge in [0.2, 0.25) is 0 Å². The monoisotopic (exact) mass is 362 g/mol. The van der Waals surface area contributed by atoms with Crippen LogP contribution < -0.4 is 5.32 Å². The molecule has 1 atom stereocenters. The zero-order chi connectivity index (χ0) is 18.2. The lowest BCUT2D eigenvalue weighted by Crippen LogP contribution is -2.47. The van der Waals surface area contributed by atoms with Crippen LogP contribution in [0.25, 0.3) is 0 Å². The molecular weight excluding hydrogens is 328 g/mol. The second-order valence-corrected chi connectivity index (χ2v) is 7.11. The Bertz CT molecular complexity index is 532. The molecule has 1 N–H and O–H groups in total. The number of piperidine rings is 1. The number of nitrogens with zero attached hydrogens (tertiary/aromatic N) is 3. The van der Waals surface area contributed by atoms with E-state index in [0.29, 0.717) is 6.10 Å². The zero-order valence-corrected chi connectivity index (χ0v) is 16.3. The molecule has 2 saturated heterocycles. The van der Waals surface area contributed by atoms with Crippen molar-refractivity contribution in [2.75, 3.05) is 45.9 Å². The topological polar surface area (TPSA) is 53.2 Å². The first kappa shape index (κ1) is 19.2. The lowest BCUT2D eigenvalue weighted by Gasteiger charge is -2.34. The van der Waals surface area contributed by atoms with Crippen LogP contribution in [0.4, 0.5) is 0 Å². The summed E-state index contributed by atoms with van der Waals surface area (Å²) in [4.78, 5) is 9.88. The minimum atomic E-state index is 0.238. The van der Waals surface area contributed by atoms with Crippen LogP contribution in [0.1, 0.15) is 51.3 Å². The van der Waals surface area contributed by atoms with Gasteiger partial charge in [0.25, 0.3) is 0 Å². The summed E-state index contributed by atoms with van der Waals surface area (Å²) in [6, 6.07) is 4.30. The highest BCUT2D eigenvalue weighted by molar-refractivity contribution is 5.80. The van der Waals surface area contributed by atoms with Crippen LogP contribution >= 0.6 is 0 Å². The second-order valence-electron chi connectivity index (χ2n) is 7.11. The van der Waals surface area contributed by atoms with Crippen molar-refractivity contribution in [1.29, 1.82) is 0 Å². The highest BCUT2D eigenvalue weighted by Gasteiger charge is 2.26. The molecule has 6 nitrogen and oxygen atoms in total. The Balaban J connectivity index is 1.65. The first-order valence-electron chi connectivity index (χ1n) is 10.2. The van der Waals surface area contributed by atoms with Crippen LogP contribution in [-0.2, 0) is 4.74 Å². The standard InChI is InChI=1S/C20H34N4O2/c1-3-21-20(24-13-9-17(10-14-24)25-4-2)22-16-18(19-8-7-15-26-19)23-11-5-6-12-23/h7-8,15,17-18H,3-6,9-14,16H2,1-2H3,(H,21,22). The van der Waals surface area contributed by atoms with Crippen molar-refractivity contribution in [2.45, 2.75) is 51.7 Å². The van der Waals surface area contributed by atoms with Crippen molar-refractivity contribution >= 4 is 5.96 Å². The summed E-state index contributed by atoms with van der Waals surface area (Å²) in [5.41, 5.74) is 0. The van der Waals surface area contributed by atoms with Crippen molar-refractivity contribution in [2.24, 2.45) is 4.99 Å². The fraction of sp³-hybridized carbons (Fsp3) is 0.750. The normalized spacial score (nSPS) is 21.3. The maximum atomic E-state index is 5.78. The van der Waals surface area contributed by atoms with Gasteiger partial charge in [-0.25, -0.2) is 0 Å². The Morgan fingerprint density at radius 1 is 1.27 bits per heavy atom. The molecule has 0 spiro atoms. The third-order valence-electron chi connectivity index (χ3n) is 5.35. The number of furan rings is 1. The molecule has 0 bridgehead atoms. The molecule has 3 rings (SSSR count). The Hall–Kier alpha value is -1.53. The number of nitrogens with one attached hydrogen (secondary N) is 1. The van der Waals surface area contributed by atoms with Gasteiger partial charge in [-0.1, -0.05) is 0 Å². The van der Waals surface area contributed by atoms with E-state index in [9.17, 15) is 0 Å². The fourth-order valence-electron chi connectivity index (χ4n) is 3.99. The molecule has 1 unspecified atom stereocenters. The van der Waals surface area contributed by atoms with Crippen LogP contribution in [-0.4, -0.2) is 67.7 Å². The number of hydrogen-bond donors (Lipinski definition) is 1. The van der Waals surface area contributed by atoms with Gasteiger partial charge in [0, 0.05) is 26.2 Å². The smallest absolute Gasteiger partial charge is 0.193 e. The van der Waals surface area contributed by atoms with E-state index in [1.165, 1.54) is 12.8 Å². The number of rotatable bonds is 7. The van der Waals surface area contributed by atoms with E-state index in [0.717, 1.165) is 70.4 Å². The van der Waals surface area contributed by atoms with Gasteiger partial charge in [0.15, 0.2) is 5.96 Å². The average Bonchev–Trinajstić information content (AvgIpc) is 3.37. The maximum Gasteiger partial charge on any atom is 0.193 e. The molecule has 1 aromatic rings. The van der Waals surface area contributed by atoms with E-state index in [1.54, 1.807) is 6.26 Å². The molecule has 0 aromatic carbocycles. The third-order valence-corrected chi connectivity index (χ3v) is 5.35. The minimum absolute atomic E-state index is 0.238. The molecule has 0 saturated carbocycles. The molecule has 0 amide bonds. The van der Waals surface area contributed by atoms with Gasteiger partial charge < -0.3 is 19.4 Å². The van der Waals surface area contributed by atoms with Gasteiger partial charge in [0.05, 0.1) is 25.0 Å². The number of hydrogen-bond acceptors (Lipinski definition) is 4. The van der Waals surface area contributed by atoms with Gasteiger partial charge in [-0.2, -0.15) is 0 Å². The summed E-state index contributed by atoms with van der Waals surface area (Å²) in [5.74, 6) is 2.06. The first-order chi connectivity index (χ1) is 12.8. The van der Waals surface area contributed by atoms with E-state index >= 15 is 0 Å². The second kappa shape index (κ2) is 9.97. The van der Waals surface area contributed by atoms with Crippen LogP contribution in [0.3, 0.4) is 0 Å². The molecule has 0 aliphatic carbocycles. The molecule has 26 heavy (non-hydrogen) atoms. The lowest BCUT2D eigenvalue weighted by molar-refractivity contribution is 0.0263. The summed E-state index contributed by atoms with van der Waals surface area (Å²) < 4.78 is 11.5. The molecule has 2 aliphatic heterocycles. The van der Waals surface area contributed by atoms with Gasteiger partial charge in [0.1, 0.15) is 5.76 Å². The lowest BCUT2D eigenvalue weighted by atomic mass is 10.1. The number of likely N-dealkylation sites (tertiary alicyclic amines) is 2. The largest absolute Gasteiger partial charge is 0.468 e. The van der Waals surface area contributed by atoms with E-state index in [1.807, 2.05) is 6.07 Å². The molecule has 0 radical (unpaired) electrons. The van der Waals surface area contributed by atoms with Crippen LogP contribution in [0.2, 0.25) is 0 Å². The summed E-state index contributed by atoms with van der Waals surface area (Å²) >= 11 is 0. The quantitative estimate of drug-likeness (QED) is 0.597. The summed E-state index contributed by atoms with van der Waals surface area (Å²) in [5, 5.41) is 3.48. The van der Waals surface area contributed by atoms with E-state index < -0.39 is 0 Å². The molecule has 2 aliphatic rings. The molecule has 1 aromatic heterocycles. The van der Waals surface area contributed by atoms with Crippen molar-refractivity contribution in [3.63, 3.8) is 0 Å². The van der Waals surface area contributed by atoms with Crippen LogP contribution in [0.15, 0.2) is 27.8 Å². The molecule has 146 valence electrons. The average molecular weight is 363 g/mol. The zero-order valence-electron chi connectivity index (χ0n) is 16.3. The van der Waals surface area contributed by atoms with Crippen LogP contribution in [0.5, 0.6) is 0 Å². The molecule has 2 fully saturated rings. The Kier molecular flexibility index (Phi) is 7.38. The van der Waals surface area contributed by atoms with E-state index in [2.05, 4.69) is 35.0 Å². The number of guanidine groups is 1. The summed E-state index contributed by atoms with van der Waals surface area (Å²) in [6.45, 7) is 10.9. The third kappa shape index (κ3) is 5.01. The molecular formula is C20H34N4O2. The predicted molar refractivity (Wildman–Crippen MR) is 104 cm³/mol. The Morgan fingerprint density at radius 3 is 2.65 bits per heavy atom. The highest BCUT2D eigenvalue weighted by Crippen LogP contribution is 2.26. The van der Waals surface area contributed by atoms with Crippen molar-refractivity contribution < 1.29 is 9.15 Å². The van der Waals surface area contributed by atoms with Gasteiger partial charge in [-0.05, 0) is 64.8 Å². The molecule has 6 heteroatoms. The van der Waals surface area contributed by atoms with Crippen LogP contribution in [0, 0.1) is 0 Å². The van der Waals surface area contributed by atoms with Crippen molar-refractivity contribution in [3.8, 4) is 0 Å². The fourth-order valence-corrected chi connectivity index (χ4v) is 3.99. The summed E-state index contributed by atoms with van der Waals surface area (Å²) in [7, 11) is 0. The summed E-state index contributed by atoms with van der Waals surface area (Å²) in [6.07, 6.45) is 6.86. The van der Waals surface area contributed by atoms with Gasteiger partial charge in [-0.3, -0.25) is 9.89 Å². The number of ether oxygens (including phenoxy) is 1. The SMILES string of the molecule is CCNC(=NCC(c1ccco1)N1CCCC1)N1CCC(OCC)CC1. The van der Waals surface area contributed by atoms with Gasteiger partial charge in [-0.15, -0.1) is 0 Å². The predicted octanol–water partition coefficient (Wildman–Crippen LogP) is 2.88. The van der Waals surface area contributed by atoms with Crippen molar-refractivity contribution in [1.82, 2.24) is 15.1 Å². The molecule has 3 heterocycles. The van der Waals surface area contributed by atoms with E-state index in [4.69, 9.17) is 14.1 Å². The number of aliphatic imine (C=N–C) groups is 1. The van der Waals surface area contributed by atoms with E-state index in [-0.39, 0.29) is 6.04 Å². The van der Waals surface area contributed by atoms with Gasteiger partial charge >= 0.3 is 0 Å². The highest BCUT2D eigenvalue weighted by atomic mass is 16.5. The Morgan fingerprint density at radius 2 is 2.04 bits per heavy atom. The van der Waals surface area contributed by atoms with Crippen molar-refractivity contribution in [3.05, 3.63) is 24.2 Å². The first-order valence-corrected chi connectivity index (χ1v) is 10.2.